The third kappa shape index (κ3) is 3.55. The summed E-state index contributed by atoms with van der Waals surface area (Å²) in [6.07, 6.45) is 1.28. The normalized spacial score (nSPS) is 10.1. The Kier molecular flexibility index (Phi) is 3.94. The molecule has 0 bridgehead atoms. The molecule has 8 nitrogen and oxygen atoms in total. The molecule has 1 aromatic heterocycles. The molecular weight excluding hydrogens is 262 g/mol. The highest BCUT2D eigenvalue weighted by molar-refractivity contribution is 5.98. The molecule has 2 amide bonds. The van der Waals surface area contributed by atoms with Crippen molar-refractivity contribution in [2.75, 3.05) is 10.6 Å². The van der Waals surface area contributed by atoms with Crippen LogP contribution in [0.2, 0.25) is 0 Å². The van der Waals surface area contributed by atoms with E-state index in [1.807, 2.05) is 0 Å². The molecule has 104 valence electrons. The Hall–Kier alpha value is -2.90. The zero-order valence-electron chi connectivity index (χ0n) is 10.7. The summed E-state index contributed by atoms with van der Waals surface area (Å²) in [7, 11) is 1.66. The van der Waals surface area contributed by atoms with E-state index in [0.29, 0.717) is 17.2 Å². The number of nitrogens with one attached hydrogen (secondary N) is 2. The van der Waals surface area contributed by atoms with Gasteiger partial charge in [0.15, 0.2) is 0 Å². The van der Waals surface area contributed by atoms with E-state index in [2.05, 4.69) is 20.7 Å². The van der Waals surface area contributed by atoms with Crippen molar-refractivity contribution >= 4 is 23.6 Å². The van der Waals surface area contributed by atoms with Gasteiger partial charge in [-0.05, 0) is 17.7 Å². The highest BCUT2D eigenvalue weighted by Crippen LogP contribution is 2.10. The average Bonchev–Trinajstić information content (AvgIpc) is 2.77. The van der Waals surface area contributed by atoms with E-state index in [1.165, 1.54) is 11.0 Å². The molecule has 0 aliphatic rings. The summed E-state index contributed by atoms with van der Waals surface area (Å²) in [5, 5.41) is 17.6. The molecule has 3 N–H and O–H groups in total. The zero-order chi connectivity index (χ0) is 14.5. The van der Waals surface area contributed by atoms with Gasteiger partial charge in [0.25, 0.3) is 0 Å². The number of carboxylic acids is 1. The second kappa shape index (κ2) is 5.83. The Balaban J connectivity index is 1.94. The summed E-state index contributed by atoms with van der Waals surface area (Å²) in [6.45, 7) is 0. The summed E-state index contributed by atoms with van der Waals surface area (Å²) < 4.78 is 1.43. The Labute approximate surface area is 114 Å². The maximum Gasteiger partial charge on any atom is 0.326 e. The van der Waals surface area contributed by atoms with Crippen LogP contribution in [0, 0.1) is 0 Å². The van der Waals surface area contributed by atoms with Crippen LogP contribution in [0.3, 0.4) is 0 Å². The fraction of sp³-hybridized carbons (Fsp3) is 0.167. The first-order valence-corrected chi connectivity index (χ1v) is 5.77. The maximum atomic E-state index is 11.7. The van der Waals surface area contributed by atoms with Crippen molar-refractivity contribution in [1.29, 1.82) is 0 Å². The minimum atomic E-state index is -0.897. The largest absolute Gasteiger partial charge is 0.481 e. The summed E-state index contributed by atoms with van der Waals surface area (Å²) in [6, 6.07) is 6.10. The predicted octanol–water partition coefficient (Wildman–Crippen LogP) is 1.09. The number of hydrogen-bond donors (Lipinski definition) is 3. The molecule has 2 aromatic rings. The summed E-state index contributed by atoms with van der Waals surface area (Å²) in [4.78, 5) is 26.1. The van der Waals surface area contributed by atoms with Crippen molar-refractivity contribution in [3.63, 3.8) is 0 Å². The lowest BCUT2D eigenvalue weighted by atomic mass is 10.1. The van der Waals surface area contributed by atoms with Crippen molar-refractivity contribution < 1.29 is 14.7 Å². The molecule has 0 radical (unpaired) electrons. The van der Waals surface area contributed by atoms with Crippen molar-refractivity contribution in [3.8, 4) is 0 Å². The van der Waals surface area contributed by atoms with E-state index in [-0.39, 0.29) is 6.42 Å². The number of aromatic nitrogens is 3. The lowest BCUT2D eigenvalue weighted by molar-refractivity contribution is -0.136. The van der Waals surface area contributed by atoms with Crippen LogP contribution in [-0.2, 0) is 18.3 Å². The van der Waals surface area contributed by atoms with Gasteiger partial charge in [-0.3, -0.25) is 10.1 Å². The van der Waals surface area contributed by atoms with Crippen LogP contribution in [-0.4, -0.2) is 31.9 Å². The van der Waals surface area contributed by atoms with Crippen molar-refractivity contribution in [2.24, 2.45) is 7.05 Å². The zero-order valence-corrected chi connectivity index (χ0v) is 10.7. The van der Waals surface area contributed by atoms with Gasteiger partial charge in [-0.25, -0.2) is 9.48 Å². The summed E-state index contributed by atoms with van der Waals surface area (Å²) >= 11 is 0. The topological polar surface area (TPSA) is 109 Å². The number of carbonyl (C=O) groups is 2. The first-order chi connectivity index (χ1) is 9.54. The Morgan fingerprint density at radius 2 is 1.95 bits per heavy atom. The third-order valence-corrected chi connectivity index (χ3v) is 2.50. The van der Waals surface area contributed by atoms with Crippen molar-refractivity contribution in [3.05, 3.63) is 36.2 Å². The molecular formula is C12H13N5O3. The quantitative estimate of drug-likeness (QED) is 0.773. The van der Waals surface area contributed by atoms with Crippen LogP contribution in [0.15, 0.2) is 30.6 Å². The van der Waals surface area contributed by atoms with E-state index >= 15 is 0 Å². The number of hydrogen-bond acceptors (Lipinski definition) is 4. The fourth-order valence-electron chi connectivity index (χ4n) is 1.55. The van der Waals surface area contributed by atoms with E-state index < -0.39 is 12.0 Å². The van der Waals surface area contributed by atoms with Crippen LogP contribution in [0.1, 0.15) is 5.56 Å². The van der Waals surface area contributed by atoms with E-state index in [1.54, 1.807) is 31.3 Å². The number of aryl methyl sites for hydroxylation is 1. The first-order valence-electron chi connectivity index (χ1n) is 5.77. The number of carboxylic acid groups (broad SMARTS) is 1. The van der Waals surface area contributed by atoms with Gasteiger partial charge in [-0.1, -0.05) is 12.1 Å². The number of urea groups is 1. The summed E-state index contributed by atoms with van der Waals surface area (Å²) in [5.74, 6) is -0.573. The molecule has 2 rings (SSSR count). The molecule has 1 aromatic carbocycles. The lowest BCUT2D eigenvalue weighted by Crippen LogP contribution is -2.21. The highest BCUT2D eigenvalue weighted by Gasteiger charge is 2.07. The molecule has 20 heavy (non-hydrogen) atoms. The monoisotopic (exact) mass is 275 g/mol. The van der Waals surface area contributed by atoms with Crippen LogP contribution < -0.4 is 10.6 Å². The van der Waals surface area contributed by atoms with Gasteiger partial charge in [-0.2, -0.15) is 10.1 Å². The maximum absolute atomic E-state index is 11.7. The number of anilines is 2. The minimum Gasteiger partial charge on any atom is -0.481 e. The molecule has 0 aliphatic heterocycles. The van der Waals surface area contributed by atoms with Gasteiger partial charge < -0.3 is 10.4 Å². The van der Waals surface area contributed by atoms with Crippen LogP contribution in [0.4, 0.5) is 16.4 Å². The molecule has 0 saturated heterocycles. The highest BCUT2D eigenvalue weighted by atomic mass is 16.4. The van der Waals surface area contributed by atoms with Gasteiger partial charge in [0, 0.05) is 12.7 Å². The van der Waals surface area contributed by atoms with Gasteiger partial charge >= 0.3 is 12.0 Å². The number of benzene rings is 1. The SMILES string of the molecule is Cn1ncnc1NC(=O)Nc1ccc(CC(=O)O)cc1. The molecule has 1 heterocycles. The molecule has 8 heteroatoms. The molecule has 0 spiro atoms. The Morgan fingerprint density at radius 3 is 2.50 bits per heavy atom. The predicted molar refractivity (Wildman–Crippen MR) is 71.4 cm³/mol. The van der Waals surface area contributed by atoms with Gasteiger partial charge in [0.1, 0.15) is 6.33 Å². The standard InChI is InChI=1S/C12H13N5O3/c1-17-11(13-7-14-17)16-12(20)15-9-4-2-8(3-5-9)6-10(18)19/h2-5,7H,6H2,1H3,(H,18,19)(H2,13,14,15,16,20). The van der Waals surface area contributed by atoms with E-state index in [4.69, 9.17) is 5.11 Å². The number of rotatable bonds is 4. The average molecular weight is 275 g/mol. The van der Waals surface area contributed by atoms with Gasteiger partial charge in [0.2, 0.25) is 5.95 Å². The van der Waals surface area contributed by atoms with Crippen LogP contribution >= 0.6 is 0 Å². The molecule has 0 aliphatic carbocycles. The van der Waals surface area contributed by atoms with Crippen LogP contribution in [0.25, 0.3) is 0 Å². The fourth-order valence-corrected chi connectivity index (χ4v) is 1.55. The number of amides is 2. The minimum absolute atomic E-state index is 0.0502. The number of aliphatic carboxylic acids is 1. The van der Waals surface area contributed by atoms with E-state index in [9.17, 15) is 9.59 Å². The molecule has 0 fully saturated rings. The second-order valence-corrected chi connectivity index (χ2v) is 4.05. The van der Waals surface area contributed by atoms with Gasteiger partial charge in [0.05, 0.1) is 6.42 Å². The molecule has 0 saturated carbocycles. The number of nitrogens with zero attached hydrogens (tertiary/aromatic N) is 3. The molecule has 0 unspecified atom stereocenters. The van der Waals surface area contributed by atoms with Crippen molar-refractivity contribution in [1.82, 2.24) is 14.8 Å². The van der Waals surface area contributed by atoms with Crippen LogP contribution in [0.5, 0.6) is 0 Å². The first kappa shape index (κ1) is 13.5. The van der Waals surface area contributed by atoms with Crippen molar-refractivity contribution in [2.45, 2.75) is 6.42 Å². The smallest absolute Gasteiger partial charge is 0.326 e. The lowest BCUT2D eigenvalue weighted by Gasteiger charge is -2.07. The summed E-state index contributed by atoms with van der Waals surface area (Å²) in [5.41, 5.74) is 1.22. The second-order valence-electron chi connectivity index (χ2n) is 4.05. The Bertz CT molecular complexity index is 620. The number of carbonyl (C=O) groups excluding carboxylic acids is 1. The van der Waals surface area contributed by atoms with E-state index in [0.717, 1.165) is 0 Å². The van der Waals surface area contributed by atoms with Gasteiger partial charge in [-0.15, -0.1) is 0 Å². The molecule has 0 atom stereocenters. The third-order valence-electron chi connectivity index (χ3n) is 2.50. The Morgan fingerprint density at radius 1 is 1.25 bits per heavy atom.